The molecule has 2 rings (SSSR count). The minimum absolute atomic E-state index is 0.0793. The van der Waals surface area contributed by atoms with Gasteiger partial charge < -0.3 is 11.1 Å². The Hall–Kier alpha value is -1.40. The Kier molecular flexibility index (Phi) is 4.45. The van der Waals surface area contributed by atoms with Gasteiger partial charge in [0, 0.05) is 18.0 Å². The van der Waals surface area contributed by atoms with Crippen LogP contribution in [0.5, 0.6) is 0 Å². The second-order valence-corrected chi connectivity index (χ2v) is 7.36. The first-order valence-corrected chi connectivity index (χ1v) is 8.63. The molecule has 0 radical (unpaired) electrons. The molecule has 1 fully saturated rings. The third-order valence-corrected chi connectivity index (χ3v) is 4.83. The molecule has 1 aliphatic rings. The smallest absolute Gasteiger partial charge is 0.229 e. The Balaban J connectivity index is 2.04. The van der Waals surface area contributed by atoms with Gasteiger partial charge in [-0.1, -0.05) is 12.8 Å². The van der Waals surface area contributed by atoms with Gasteiger partial charge in [0.25, 0.3) is 0 Å². The highest BCUT2D eigenvalue weighted by Gasteiger charge is 2.28. The summed E-state index contributed by atoms with van der Waals surface area (Å²) in [7, 11) is -3.21. The number of carbonyl (C=O) groups is 1. The Labute approximate surface area is 119 Å². The van der Waals surface area contributed by atoms with Crippen LogP contribution in [0.2, 0.25) is 0 Å². The average molecular weight is 296 g/mol. The standard InChI is InChI=1S/C14H20N2O3S/c1-20(18,19)11-8-6-10(7-9-11)16-14(17)12-4-2-3-5-13(12)15/h6-9,12-13H,2-5,15H2,1H3,(H,16,17). The second-order valence-electron chi connectivity index (χ2n) is 5.34. The van der Waals surface area contributed by atoms with Crippen LogP contribution in [-0.2, 0) is 14.6 Å². The van der Waals surface area contributed by atoms with Gasteiger partial charge in [0.15, 0.2) is 9.84 Å². The Bertz CT molecular complexity index is 581. The van der Waals surface area contributed by atoms with Crippen molar-refractivity contribution in [2.45, 2.75) is 36.6 Å². The fraction of sp³-hybridized carbons (Fsp3) is 0.500. The summed E-state index contributed by atoms with van der Waals surface area (Å²) in [6.45, 7) is 0. The lowest BCUT2D eigenvalue weighted by Crippen LogP contribution is -2.40. The molecule has 1 saturated carbocycles. The minimum Gasteiger partial charge on any atom is -0.327 e. The van der Waals surface area contributed by atoms with E-state index in [1.807, 2.05) is 0 Å². The molecule has 0 spiro atoms. The second kappa shape index (κ2) is 5.93. The largest absolute Gasteiger partial charge is 0.327 e. The summed E-state index contributed by atoms with van der Waals surface area (Å²) in [4.78, 5) is 12.4. The highest BCUT2D eigenvalue weighted by Crippen LogP contribution is 2.24. The van der Waals surface area contributed by atoms with Crippen LogP contribution in [0.3, 0.4) is 0 Å². The lowest BCUT2D eigenvalue weighted by molar-refractivity contribution is -0.121. The normalized spacial score (nSPS) is 23.3. The maximum Gasteiger partial charge on any atom is 0.229 e. The first-order valence-electron chi connectivity index (χ1n) is 6.74. The van der Waals surface area contributed by atoms with Crippen LogP contribution in [0.4, 0.5) is 5.69 Å². The SMILES string of the molecule is CS(=O)(=O)c1ccc(NC(=O)C2CCCCC2N)cc1. The average Bonchev–Trinajstić information content (AvgIpc) is 2.38. The molecule has 0 aromatic heterocycles. The van der Waals surface area contributed by atoms with Crippen molar-refractivity contribution in [1.29, 1.82) is 0 Å². The molecule has 20 heavy (non-hydrogen) atoms. The molecule has 5 nitrogen and oxygen atoms in total. The molecule has 1 aliphatic carbocycles. The van der Waals surface area contributed by atoms with Crippen LogP contribution in [0.25, 0.3) is 0 Å². The van der Waals surface area contributed by atoms with E-state index in [1.54, 1.807) is 12.1 Å². The molecular formula is C14H20N2O3S. The third-order valence-electron chi connectivity index (χ3n) is 3.71. The maximum absolute atomic E-state index is 12.2. The highest BCUT2D eigenvalue weighted by molar-refractivity contribution is 7.90. The van der Waals surface area contributed by atoms with Crippen LogP contribution in [-0.4, -0.2) is 26.6 Å². The number of anilines is 1. The molecule has 0 bridgehead atoms. The summed E-state index contributed by atoms with van der Waals surface area (Å²) in [5.41, 5.74) is 6.57. The summed E-state index contributed by atoms with van der Waals surface area (Å²) >= 11 is 0. The van der Waals surface area contributed by atoms with Crippen LogP contribution in [0.1, 0.15) is 25.7 Å². The minimum atomic E-state index is -3.21. The Morgan fingerprint density at radius 3 is 2.35 bits per heavy atom. The van der Waals surface area contributed by atoms with Gasteiger partial charge in [0.1, 0.15) is 0 Å². The lowest BCUT2D eigenvalue weighted by Gasteiger charge is -2.27. The zero-order valence-electron chi connectivity index (χ0n) is 11.5. The molecular weight excluding hydrogens is 276 g/mol. The Morgan fingerprint density at radius 2 is 1.80 bits per heavy atom. The topological polar surface area (TPSA) is 89.3 Å². The highest BCUT2D eigenvalue weighted by atomic mass is 32.2. The number of hydrogen-bond donors (Lipinski definition) is 2. The van der Waals surface area contributed by atoms with Gasteiger partial charge in [0.05, 0.1) is 10.8 Å². The summed E-state index contributed by atoms with van der Waals surface area (Å²) in [6.07, 6.45) is 4.95. The number of hydrogen-bond acceptors (Lipinski definition) is 4. The molecule has 1 aromatic rings. The lowest BCUT2D eigenvalue weighted by atomic mass is 9.84. The molecule has 2 atom stereocenters. The number of sulfone groups is 1. The molecule has 3 N–H and O–H groups in total. The number of rotatable bonds is 3. The maximum atomic E-state index is 12.2. The van der Waals surface area contributed by atoms with Gasteiger partial charge in [0.2, 0.25) is 5.91 Å². The van der Waals surface area contributed by atoms with Gasteiger partial charge in [-0.05, 0) is 37.1 Å². The van der Waals surface area contributed by atoms with Gasteiger partial charge >= 0.3 is 0 Å². The number of amides is 1. The van der Waals surface area contributed by atoms with E-state index >= 15 is 0 Å². The monoisotopic (exact) mass is 296 g/mol. The van der Waals surface area contributed by atoms with Crippen molar-refractivity contribution in [3.63, 3.8) is 0 Å². The zero-order valence-corrected chi connectivity index (χ0v) is 12.3. The Morgan fingerprint density at radius 1 is 1.20 bits per heavy atom. The molecule has 1 amide bonds. The van der Waals surface area contributed by atoms with E-state index in [0.717, 1.165) is 31.9 Å². The molecule has 110 valence electrons. The van der Waals surface area contributed by atoms with Crippen molar-refractivity contribution >= 4 is 21.4 Å². The first kappa shape index (κ1) is 15.0. The molecule has 1 aromatic carbocycles. The van der Waals surface area contributed by atoms with Crippen molar-refractivity contribution in [2.24, 2.45) is 11.7 Å². The van der Waals surface area contributed by atoms with Gasteiger partial charge in [-0.3, -0.25) is 4.79 Å². The number of nitrogens with two attached hydrogens (primary N) is 1. The molecule has 0 saturated heterocycles. The number of carbonyl (C=O) groups excluding carboxylic acids is 1. The summed E-state index contributed by atoms with van der Waals surface area (Å²) in [5, 5.41) is 2.81. The fourth-order valence-electron chi connectivity index (χ4n) is 2.51. The summed E-state index contributed by atoms with van der Waals surface area (Å²) < 4.78 is 22.7. The third kappa shape index (κ3) is 3.58. The molecule has 2 unspecified atom stereocenters. The predicted octanol–water partition coefficient (Wildman–Crippen LogP) is 1.55. The van der Waals surface area contributed by atoms with Crippen molar-refractivity contribution in [3.05, 3.63) is 24.3 Å². The fourth-order valence-corrected chi connectivity index (χ4v) is 3.14. The van der Waals surface area contributed by atoms with Gasteiger partial charge in [-0.2, -0.15) is 0 Å². The van der Waals surface area contributed by atoms with Crippen molar-refractivity contribution in [3.8, 4) is 0 Å². The van der Waals surface area contributed by atoms with Gasteiger partial charge in [-0.25, -0.2) is 8.42 Å². The van der Waals surface area contributed by atoms with Crippen LogP contribution < -0.4 is 11.1 Å². The predicted molar refractivity (Wildman–Crippen MR) is 78.1 cm³/mol. The molecule has 0 heterocycles. The van der Waals surface area contributed by atoms with Crippen LogP contribution >= 0.6 is 0 Å². The number of benzene rings is 1. The van der Waals surface area contributed by atoms with E-state index in [4.69, 9.17) is 5.73 Å². The van der Waals surface area contributed by atoms with E-state index in [-0.39, 0.29) is 22.8 Å². The van der Waals surface area contributed by atoms with E-state index < -0.39 is 9.84 Å². The summed E-state index contributed by atoms with van der Waals surface area (Å²) in [5.74, 6) is -0.234. The van der Waals surface area contributed by atoms with E-state index in [9.17, 15) is 13.2 Å². The van der Waals surface area contributed by atoms with Crippen LogP contribution in [0.15, 0.2) is 29.2 Å². The number of nitrogens with one attached hydrogen (secondary N) is 1. The van der Waals surface area contributed by atoms with E-state index in [2.05, 4.69) is 5.32 Å². The zero-order chi connectivity index (χ0) is 14.8. The first-order chi connectivity index (χ1) is 9.38. The van der Waals surface area contributed by atoms with Crippen LogP contribution in [0, 0.1) is 5.92 Å². The van der Waals surface area contributed by atoms with Crippen molar-refractivity contribution < 1.29 is 13.2 Å². The molecule has 6 heteroatoms. The van der Waals surface area contributed by atoms with Crippen molar-refractivity contribution in [2.75, 3.05) is 11.6 Å². The van der Waals surface area contributed by atoms with Gasteiger partial charge in [-0.15, -0.1) is 0 Å². The van der Waals surface area contributed by atoms with E-state index in [1.165, 1.54) is 12.1 Å². The molecule has 0 aliphatic heterocycles. The van der Waals surface area contributed by atoms with Crippen molar-refractivity contribution in [1.82, 2.24) is 0 Å². The van der Waals surface area contributed by atoms with E-state index in [0.29, 0.717) is 5.69 Å². The quantitative estimate of drug-likeness (QED) is 0.885. The summed E-state index contributed by atoms with van der Waals surface area (Å²) in [6, 6.07) is 6.10.